The van der Waals surface area contributed by atoms with Crippen LogP contribution in [-0.2, 0) is 11.0 Å². The van der Waals surface area contributed by atoms with Crippen molar-refractivity contribution >= 4 is 23.2 Å². The molecular formula is C22H25FN3O2P. The normalized spacial score (nSPS) is 16.9. The van der Waals surface area contributed by atoms with Crippen LogP contribution in [0.4, 0.5) is 4.39 Å². The van der Waals surface area contributed by atoms with Gasteiger partial charge < -0.3 is 9.46 Å². The Kier molecular flexibility index (Phi) is 5.66. The molecule has 0 saturated carbocycles. The molecule has 0 spiro atoms. The van der Waals surface area contributed by atoms with Gasteiger partial charge in [-0.25, -0.2) is 9.49 Å². The van der Waals surface area contributed by atoms with Crippen LogP contribution >= 0.6 is 7.14 Å². The standard InChI is InChI=1S/C22H25FN3O2P/c1-2-9-26-10-12-29(28,13-11-26)21-15-16(7-8-19(21)23)14-20-17-5-3-4-6-18(17)22(27)25-24-20/h3-8,15H,2,9-14H2,1H3,(H,25,27). The van der Waals surface area contributed by atoms with Crippen molar-refractivity contribution in [1.82, 2.24) is 15.1 Å². The van der Waals surface area contributed by atoms with E-state index in [9.17, 15) is 13.8 Å². The Labute approximate surface area is 169 Å². The summed E-state index contributed by atoms with van der Waals surface area (Å²) in [6, 6.07) is 12.2. The molecule has 5 nitrogen and oxygen atoms in total. The van der Waals surface area contributed by atoms with Gasteiger partial charge in [-0.3, -0.25) is 4.79 Å². The minimum atomic E-state index is -2.75. The molecular weight excluding hydrogens is 388 g/mol. The summed E-state index contributed by atoms with van der Waals surface area (Å²) in [5, 5.41) is 8.46. The predicted octanol–water partition coefficient (Wildman–Crippen LogP) is 3.37. The Morgan fingerprint density at radius 1 is 1.14 bits per heavy atom. The molecule has 7 heteroatoms. The quantitative estimate of drug-likeness (QED) is 0.652. The maximum Gasteiger partial charge on any atom is 0.272 e. The first-order chi connectivity index (χ1) is 14.0. The van der Waals surface area contributed by atoms with Crippen LogP contribution in [0.15, 0.2) is 47.3 Å². The third-order valence-corrected chi connectivity index (χ3v) is 8.76. The van der Waals surface area contributed by atoms with E-state index in [0.717, 1.165) is 37.0 Å². The monoisotopic (exact) mass is 413 g/mol. The number of nitrogens with one attached hydrogen (secondary N) is 1. The van der Waals surface area contributed by atoms with E-state index in [0.29, 0.717) is 35.1 Å². The molecule has 3 aromatic rings. The second kappa shape index (κ2) is 8.21. The van der Waals surface area contributed by atoms with Gasteiger partial charge in [0.1, 0.15) is 13.0 Å². The van der Waals surface area contributed by atoms with E-state index in [2.05, 4.69) is 22.0 Å². The van der Waals surface area contributed by atoms with E-state index >= 15 is 0 Å². The van der Waals surface area contributed by atoms with Crippen LogP contribution in [0.25, 0.3) is 10.8 Å². The van der Waals surface area contributed by atoms with Crippen molar-refractivity contribution in [3.63, 3.8) is 0 Å². The molecule has 2 aromatic carbocycles. The van der Waals surface area contributed by atoms with Gasteiger partial charge in [0.15, 0.2) is 0 Å². The fourth-order valence-electron chi connectivity index (χ4n) is 4.09. The summed E-state index contributed by atoms with van der Waals surface area (Å²) >= 11 is 0. The summed E-state index contributed by atoms with van der Waals surface area (Å²) in [7, 11) is -2.75. The number of benzene rings is 2. The Morgan fingerprint density at radius 2 is 1.86 bits per heavy atom. The number of hydrogen-bond acceptors (Lipinski definition) is 4. The van der Waals surface area contributed by atoms with E-state index in [1.165, 1.54) is 6.07 Å². The Balaban J connectivity index is 1.64. The molecule has 0 aliphatic carbocycles. The van der Waals surface area contributed by atoms with Crippen LogP contribution in [0, 0.1) is 5.82 Å². The van der Waals surface area contributed by atoms with Crippen molar-refractivity contribution in [1.29, 1.82) is 0 Å². The van der Waals surface area contributed by atoms with Gasteiger partial charge in [-0.05, 0) is 36.7 Å². The van der Waals surface area contributed by atoms with Crippen molar-refractivity contribution < 1.29 is 8.96 Å². The molecule has 1 N–H and O–H groups in total. The Hall–Kier alpha value is -2.30. The number of fused-ring (bicyclic) bond motifs is 1. The lowest BCUT2D eigenvalue weighted by Crippen LogP contribution is -2.38. The number of aromatic amines is 1. The van der Waals surface area contributed by atoms with Gasteiger partial charge in [-0.15, -0.1) is 0 Å². The Bertz CT molecular complexity index is 1130. The highest BCUT2D eigenvalue weighted by atomic mass is 31.2. The third kappa shape index (κ3) is 4.05. The molecule has 29 heavy (non-hydrogen) atoms. The number of rotatable bonds is 5. The lowest BCUT2D eigenvalue weighted by atomic mass is 10.0. The van der Waals surface area contributed by atoms with Gasteiger partial charge >= 0.3 is 0 Å². The average molecular weight is 413 g/mol. The number of aromatic nitrogens is 2. The largest absolute Gasteiger partial charge is 0.318 e. The predicted molar refractivity (Wildman–Crippen MR) is 115 cm³/mol. The minimum Gasteiger partial charge on any atom is -0.318 e. The number of nitrogens with zero attached hydrogens (tertiary/aromatic N) is 2. The smallest absolute Gasteiger partial charge is 0.272 e. The highest BCUT2D eigenvalue weighted by Crippen LogP contribution is 2.47. The highest BCUT2D eigenvalue weighted by molar-refractivity contribution is 7.71. The second-order valence-corrected chi connectivity index (χ2v) is 10.8. The van der Waals surface area contributed by atoms with Crippen LogP contribution in [0.2, 0.25) is 0 Å². The molecule has 2 heterocycles. The van der Waals surface area contributed by atoms with E-state index < -0.39 is 7.14 Å². The van der Waals surface area contributed by atoms with Crippen LogP contribution in [0.3, 0.4) is 0 Å². The maximum atomic E-state index is 14.6. The molecule has 0 radical (unpaired) electrons. The van der Waals surface area contributed by atoms with Crippen molar-refractivity contribution in [2.75, 3.05) is 32.0 Å². The summed E-state index contributed by atoms with van der Waals surface area (Å²) in [4.78, 5) is 14.3. The number of hydrogen-bond donors (Lipinski definition) is 1. The molecule has 1 aliphatic rings. The molecule has 1 fully saturated rings. The summed E-state index contributed by atoms with van der Waals surface area (Å²) in [5.41, 5.74) is 1.33. The first-order valence-corrected chi connectivity index (χ1v) is 12.1. The van der Waals surface area contributed by atoms with Gasteiger partial charge in [0, 0.05) is 42.5 Å². The molecule has 1 aliphatic heterocycles. The van der Waals surface area contributed by atoms with E-state index in [1.54, 1.807) is 18.2 Å². The van der Waals surface area contributed by atoms with Crippen molar-refractivity contribution in [3.8, 4) is 0 Å². The van der Waals surface area contributed by atoms with Crippen LogP contribution in [0.1, 0.15) is 24.6 Å². The first-order valence-electron chi connectivity index (χ1n) is 10.1. The fraction of sp³-hybridized carbons (Fsp3) is 0.364. The lowest BCUT2D eigenvalue weighted by Gasteiger charge is -2.32. The molecule has 1 saturated heterocycles. The maximum absolute atomic E-state index is 14.6. The van der Waals surface area contributed by atoms with Crippen molar-refractivity contribution in [2.24, 2.45) is 0 Å². The van der Waals surface area contributed by atoms with E-state index in [4.69, 9.17) is 0 Å². The van der Waals surface area contributed by atoms with Gasteiger partial charge in [-0.2, -0.15) is 5.10 Å². The van der Waals surface area contributed by atoms with E-state index in [1.807, 2.05) is 18.2 Å². The molecule has 0 atom stereocenters. The topological polar surface area (TPSA) is 66.1 Å². The highest BCUT2D eigenvalue weighted by Gasteiger charge is 2.32. The summed E-state index contributed by atoms with van der Waals surface area (Å²) < 4.78 is 28.2. The molecule has 0 unspecified atom stereocenters. The number of H-pyrrole nitrogens is 1. The van der Waals surface area contributed by atoms with E-state index in [-0.39, 0.29) is 11.4 Å². The summed E-state index contributed by atoms with van der Waals surface area (Å²) in [6.07, 6.45) is 2.54. The Morgan fingerprint density at radius 3 is 2.59 bits per heavy atom. The van der Waals surface area contributed by atoms with Crippen LogP contribution in [0.5, 0.6) is 0 Å². The molecule has 0 bridgehead atoms. The SMILES string of the molecule is CCCN1CCP(=O)(c2cc(Cc3n[nH]c(=O)c4ccccc34)ccc2F)CC1. The van der Waals surface area contributed by atoms with Crippen molar-refractivity contribution in [3.05, 3.63) is 69.9 Å². The molecule has 1 aromatic heterocycles. The first kappa shape index (κ1) is 20.0. The van der Waals surface area contributed by atoms with Gasteiger partial charge in [0.2, 0.25) is 0 Å². The number of halogens is 1. The molecule has 0 amide bonds. The zero-order valence-electron chi connectivity index (χ0n) is 16.5. The zero-order valence-corrected chi connectivity index (χ0v) is 17.4. The average Bonchev–Trinajstić information content (AvgIpc) is 2.73. The summed E-state index contributed by atoms with van der Waals surface area (Å²) in [6.45, 7) is 4.63. The zero-order chi connectivity index (χ0) is 20.4. The van der Waals surface area contributed by atoms with Gasteiger partial charge in [-0.1, -0.05) is 31.2 Å². The minimum absolute atomic E-state index is 0.229. The van der Waals surface area contributed by atoms with Crippen molar-refractivity contribution in [2.45, 2.75) is 19.8 Å². The van der Waals surface area contributed by atoms with Gasteiger partial charge in [0.25, 0.3) is 5.56 Å². The van der Waals surface area contributed by atoms with Crippen LogP contribution in [-0.4, -0.2) is 47.1 Å². The molecule has 152 valence electrons. The second-order valence-electron chi connectivity index (χ2n) is 7.69. The van der Waals surface area contributed by atoms with Gasteiger partial charge in [0.05, 0.1) is 11.1 Å². The third-order valence-electron chi connectivity index (χ3n) is 5.69. The van der Waals surface area contributed by atoms with Crippen LogP contribution < -0.4 is 10.9 Å². The fourth-order valence-corrected chi connectivity index (χ4v) is 6.87. The molecule has 4 rings (SSSR count). The lowest BCUT2D eigenvalue weighted by molar-refractivity contribution is 0.296. The summed E-state index contributed by atoms with van der Waals surface area (Å²) in [5.74, 6) is -0.389.